The molecule has 1 aromatic heterocycles. The molecule has 3 unspecified atom stereocenters. The Balaban J connectivity index is 1.55. The first-order chi connectivity index (χ1) is 15.6. The van der Waals surface area contributed by atoms with Crippen LogP contribution in [0.3, 0.4) is 0 Å². The Bertz CT molecular complexity index is 1070. The van der Waals surface area contributed by atoms with E-state index in [1.165, 1.54) is 5.56 Å². The van der Waals surface area contributed by atoms with Gasteiger partial charge in [-0.15, -0.1) is 0 Å². The number of likely N-dealkylation sites (N-methyl/N-ethyl adjacent to an activating group) is 1. The number of aromatic nitrogens is 1. The minimum absolute atomic E-state index is 0.0129. The lowest BCUT2D eigenvalue weighted by molar-refractivity contribution is -0.924. The maximum atomic E-state index is 12.4. The van der Waals surface area contributed by atoms with Crippen molar-refractivity contribution in [2.45, 2.75) is 37.0 Å². The Morgan fingerprint density at radius 3 is 2.44 bits per heavy atom. The molecule has 0 spiro atoms. The van der Waals surface area contributed by atoms with Gasteiger partial charge in [0.15, 0.2) is 11.7 Å². The molecule has 0 radical (unpaired) electrons. The average Bonchev–Trinajstić information content (AvgIpc) is 3.34. The molecule has 0 amide bonds. The largest absolute Gasteiger partial charge is 0.454 e. The van der Waals surface area contributed by atoms with Crippen LogP contribution >= 0.6 is 0 Å². The van der Waals surface area contributed by atoms with Crippen molar-refractivity contribution < 1.29 is 19.1 Å². The van der Waals surface area contributed by atoms with E-state index in [2.05, 4.69) is 18.1 Å². The van der Waals surface area contributed by atoms with E-state index in [1.54, 1.807) is 6.20 Å². The lowest BCUT2D eigenvalue weighted by Gasteiger charge is -2.44. The van der Waals surface area contributed by atoms with Gasteiger partial charge in [0.1, 0.15) is 6.04 Å². The topological polar surface area (TPSA) is 59.4 Å². The maximum Gasteiger partial charge on any atom is 0.293 e. The molecule has 1 N–H and O–H groups in total. The van der Waals surface area contributed by atoms with Crippen molar-refractivity contribution in [2.75, 3.05) is 20.1 Å². The summed E-state index contributed by atoms with van der Waals surface area (Å²) in [6, 6.07) is 19.9. The molecule has 1 aliphatic carbocycles. The highest BCUT2D eigenvalue weighted by atomic mass is 16.5. The summed E-state index contributed by atoms with van der Waals surface area (Å²) in [7, 11) is 2.23. The number of hydrogen-bond donors (Lipinski definition) is 1. The smallest absolute Gasteiger partial charge is 0.293 e. The summed E-state index contributed by atoms with van der Waals surface area (Å²) >= 11 is 0. The molecule has 3 aromatic rings. The Labute approximate surface area is 188 Å². The van der Waals surface area contributed by atoms with E-state index in [0.29, 0.717) is 6.47 Å². The average molecular weight is 430 g/mol. The molecule has 5 nitrogen and oxygen atoms in total. The van der Waals surface area contributed by atoms with E-state index < -0.39 is 11.7 Å². The number of hydrogen-bond acceptors (Lipinski definition) is 4. The predicted molar refractivity (Wildman–Crippen MR) is 123 cm³/mol. The molecule has 5 heteroatoms. The zero-order chi connectivity index (χ0) is 22.2. The molecule has 32 heavy (non-hydrogen) atoms. The molecule has 5 rings (SSSR count). The number of carbonyl (C=O) groups excluding carboxylic acids is 1. The fraction of sp³-hybridized carbons (Fsp3) is 0.333. The van der Waals surface area contributed by atoms with Crippen molar-refractivity contribution in [1.82, 2.24) is 4.98 Å². The predicted octanol–water partition coefficient (Wildman–Crippen LogP) is 3.69. The van der Waals surface area contributed by atoms with Gasteiger partial charge in [-0.05, 0) is 33.9 Å². The van der Waals surface area contributed by atoms with Crippen molar-refractivity contribution in [3.63, 3.8) is 0 Å². The minimum Gasteiger partial charge on any atom is -0.454 e. The Morgan fingerprint density at radius 2 is 1.81 bits per heavy atom. The summed E-state index contributed by atoms with van der Waals surface area (Å²) in [4.78, 5) is 16.0. The van der Waals surface area contributed by atoms with Gasteiger partial charge in [-0.25, -0.2) is 0 Å². The van der Waals surface area contributed by atoms with Gasteiger partial charge in [-0.3, -0.25) is 9.78 Å². The van der Waals surface area contributed by atoms with E-state index >= 15 is 0 Å². The molecule has 1 aliphatic heterocycles. The van der Waals surface area contributed by atoms with Gasteiger partial charge < -0.3 is 14.3 Å². The summed E-state index contributed by atoms with van der Waals surface area (Å²) in [5.41, 5.74) is 3.47. The number of rotatable bonds is 7. The van der Waals surface area contributed by atoms with Crippen LogP contribution in [-0.4, -0.2) is 53.3 Å². The molecule has 1 saturated heterocycles. The van der Waals surface area contributed by atoms with Gasteiger partial charge in [0, 0.05) is 31.7 Å². The molecule has 0 saturated carbocycles. The van der Waals surface area contributed by atoms with Gasteiger partial charge in [0.25, 0.3) is 6.47 Å². The van der Waals surface area contributed by atoms with Gasteiger partial charge >= 0.3 is 0 Å². The van der Waals surface area contributed by atoms with E-state index in [4.69, 9.17) is 4.74 Å². The fourth-order valence-corrected chi connectivity index (χ4v) is 5.91. The van der Waals surface area contributed by atoms with Gasteiger partial charge in [-0.1, -0.05) is 54.6 Å². The van der Waals surface area contributed by atoms with Crippen molar-refractivity contribution in [1.29, 1.82) is 0 Å². The first kappa shape index (κ1) is 20.9. The minimum atomic E-state index is -1.38. The van der Waals surface area contributed by atoms with Crippen LogP contribution in [0.4, 0.5) is 0 Å². The Morgan fingerprint density at radius 1 is 1.12 bits per heavy atom. The van der Waals surface area contributed by atoms with E-state index in [-0.39, 0.29) is 6.04 Å². The van der Waals surface area contributed by atoms with Crippen LogP contribution in [0.25, 0.3) is 11.1 Å². The van der Waals surface area contributed by atoms with Crippen molar-refractivity contribution in [3.8, 4) is 11.1 Å². The Hall–Kier alpha value is -3.02. The molecule has 2 heterocycles. The monoisotopic (exact) mass is 429 g/mol. The van der Waals surface area contributed by atoms with Crippen LogP contribution in [0.2, 0.25) is 0 Å². The molecule has 1 fully saturated rings. The normalized spacial score (nSPS) is 23.9. The lowest BCUT2D eigenvalue weighted by atomic mass is 9.81. The van der Waals surface area contributed by atoms with Gasteiger partial charge in [0.2, 0.25) is 0 Å². The summed E-state index contributed by atoms with van der Waals surface area (Å²) < 4.78 is 6.57. The van der Waals surface area contributed by atoms with E-state index in [9.17, 15) is 9.90 Å². The highest BCUT2D eigenvalue weighted by molar-refractivity contribution is 5.80. The quantitative estimate of drug-likeness (QED) is 0.460. The number of aliphatic hydroxyl groups is 1. The third-order valence-electron chi connectivity index (χ3n) is 7.53. The number of quaternary nitrogens is 1. The van der Waals surface area contributed by atoms with Crippen LogP contribution in [-0.2, 0) is 21.6 Å². The standard InChI is InChI=1S/C27H29N2O3/c1-29(17-14-20-8-6-15-28-18-20)16-7-13-25(29)26(32-19-30)27(31)23-11-4-2-9-21(23)22-10-3-5-12-24(22)27/h2-6,8-12,15,18-19,25-26,31H,7,13-14,16-17H2,1H3/q+1. The summed E-state index contributed by atoms with van der Waals surface area (Å²) in [5, 5.41) is 12.4. The van der Waals surface area contributed by atoms with Crippen LogP contribution in [0, 0.1) is 0 Å². The highest BCUT2D eigenvalue weighted by Gasteiger charge is 2.57. The molecular formula is C27H29N2O3+. The molecule has 0 bridgehead atoms. The van der Waals surface area contributed by atoms with Gasteiger partial charge in [-0.2, -0.15) is 0 Å². The summed E-state index contributed by atoms with van der Waals surface area (Å²) in [5.74, 6) is 0. The molecule has 2 aliphatic rings. The zero-order valence-corrected chi connectivity index (χ0v) is 18.4. The first-order valence-electron chi connectivity index (χ1n) is 11.3. The second-order valence-corrected chi connectivity index (χ2v) is 9.26. The number of pyridine rings is 1. The fourth-order valence-electron chi connectivity index (χ4n) is 5.91. The number of ether oxygens (including phenoxy) is 1. The van der Waals surface area contributed by atoms with E-state index in [0.717, 1.165) is 59.1 Å². The third-order valence-corrected chi connectivity index (χ3v) is 7.53. The van der Waals surface area contributed by atoms with E-state index in [1.807, 2.05) is 60.8 Å². The van der Waals surface area contributed by atoms with Crippen LogP contribution in [0.1, 0.15) is 29.5 Å². The number of likely N-dealkylation sites (tertiary alicyclic amines) is 1. The summed E-state index contributed by atoms with van der Waals surface area (Å²) in [6.45, 7) is 2.40. The van der Waals surface area contributed by atoms with Crippen LogP contribution in [0.5, 0.6) is 0 Å². The molecule has 2 aromatic carbocycles. The zero-order valence-electron chi connectivity index (χ0n) is 18.4. The number of carbonyl (C=O) groups is 1. The molecule has 3 atom stereocenters. The number of fused-ring (bicyclic) bond motifs is 3. The van der Waals surface area contributed by atoms with Crippen molar-refractivity contribution in [2.24, 2.45) is 0 Å². The van der Waals surface area contributed by atoms with Crippen LogP contribution < -0.4 is 0 Å². The SMILES string of the molecule is C[N+]1(CCc2cccnc2)CCCC1C(OC=O)C1(O)c2ccccc2-c2ccccc21. The van der Waals surface area contributed by atoms with Crippen molar-refractivity contribution in [3.05, 3.63) is 89.7 Å². The first-order valence-corrected chi connectivity index (χ1v) is 11.3. The lowest BCUT2D eigenvalue weighted by Crippen LogP contribution is -2.60. The Kier molecular flexibility index (Phi) is 5.31. The van der Waals surface area contributed by atoms with Crippen molar-refractivity contribution >= 4 is 6.47 Å². The highest BCUT2D eigenvalue weighted by Crippen LogP contribution is 2.52. The molecule has 164 valence electrons. The van der Waals surface area contributed by atoms with Gasteiger partial charge in [0.05, 0.1) is 20.1 Å². The second kappa shape index (κ2) is 8.15. The maximum absolute atomic E-state index is 12.4. The number of benzene rings is 2. The number of nitrogens with zero attached hydrogens (tertiary/aromatic N) is 2. The third kappa shape index (κ3) is 3.24. The van der Waals surface area contributed by atoms with Crippen LogP contribution in [0.15, 0.2) is 73.1 Å². The second-order valence-electron chi connectivity index (χ2n) is 9.26. The summed E-state index contributed by atoms with van der Waals surface area (Å²) in [6.07, 6.45) is 5.84. The molecular weight excluding hydrogens is 400 g/mol.